The van der Waals surface area contributed by atoms with Crippen LogP contribution in [0.25, 0.3) is 6.08 Å². The Balaban J connectivity index is 1.86. The molecule has 1 heteroatoms. The van der Waals surface area contributed by atoms with E-state index >= 15 is 0 Å². The molecule has 98 valence electrons. The van der Waals surface area contributed by atoms with Crippen LogP contribution in [0, 0.1) is 0 Å². The van der Waals surface area contributed by atoms with E-state index in [0.29, 0.717) is 0 Å². The summed E-state index contributed by atoms with van der Waals surface area (Å²) in [6, 6.07) is 8.88. The predicted molar refractivity (Wildman–Crippen MR) is 79.8 cm³/mol. The first kappa shape index (κ1) is 13.4. The third-order valence-electron chi connectivity index (χ3n) is 3.75. The van der Waals surface area contributed by atoms with Crippen LogP contribution < -0.4 is 5.32 Å². The fourth-order valence-electron chi connectivity index (χ4n) is 2.45. The Morgan fingerprint density at radius 3 is 2.78 bits per heavy atom. The van der Waals surface area contributed by atoms with E-state index in [-0.39, 0.29) is 0 Å². The summed E-state index contributed by atoms with van der Waals surface area (Å²) in [5, 5.41) is 3.43. The van der Waals surface area contributed by atoms with E-state index in [1.165, 1.54) is 31.2 Å². The minimum absolute atomic E-state index is 0.823. The fourth-order valence-corrected chi connectivity index (χ4v) is 2.45. The molecule has 0 heterocycles. The van der Waals surface area contributed by atoms with Gasteiger partial charge in [0, 0.05) is 0 Å². The van der Waals surface area contributed by atoms with Gasteiger partial charge in [0.25, 0.3) is 0 Å². The number of rotatable bonds is 7. The Hall–Kier alpha value is -1.08. The lowest BCUT2D eigenvalue weighted by molar-refractivity contribution is 0.419. The van der Waals surface area contributed by atoms with Crippen LogP contribution in [0.3, 0.4) is 0 Å². The molecule has 1 saturated carbocycles. The van der Waals surface area contributed by atoms with Gasteiger partial charge in [-0.25, -0.2) is 0 Å². The Kier molecular flexibility index (Phi) is 5.47. The molecule has 1 N–H and O–H groups in total. The molecule has 0 unspecified atom stereocenters. The number of hydrogen-bond donors (Lipinski definition) is 1. The molecule has 2 rings (SSSR count). The van der Waals surface area contributed by atoms with E-state index in [4.69, 9.17) is 0 Å². The molecule has 1 aliphatic carbocycles. The summed E-state index contributed by atoms with van der Waals surface area (Å²) in [6.45, 7) is 4.43. The fraction of sp³-hybridized carbons (Fsp3) is 0.529. The van der Waals surface area contributed by atoms with Gasteiger partial charge in [0.2, 0.25) is 0 Å². The monoisotopic (exact) mass is 243 g/mol. The lowest BCUT2D eigenvalue weighted by atomic mass is 9.78. The molecule has 1 nitrogen and oxygen atoms in total. The average Bonchev–Trinajstić information content (AvgIpc) is 2.33. The molecular formula is C17H25N. The van der Waals surface area contributed by atoms with E-state index in [9.17, 15) is 0 Å². The van der Waals surface area contributed by atoms with Gasteiger partial charge < -0.3 is 5.32 Å². The van der Waals surface area contributed by atoms with Crippen LogP contribution >= 0.6 is 0 Å². The number of nitrogens with one attached hydrogen (secondary N) is 1. The smallest absolute Gasteiger partial charge is 0.00142 e. The first-order valence-corrected chi connectivity index (χ1v) is 7.38. The van der Waals surface area contributed by atoms with E-state index in [2.05, 4.69) is 48.7 Å². The van der Waals surface area contributed by atoms with Crippen molar-refractivity contribution in [2.75, 3.05) is 13.1 Å². The SMILES string of the molecule is CCCNCC/C=C/c1ccccc1C1CCC1. The van der Waals surface area contributed by atoms with Crippen molar-refractivity contribution in [3.63, 3.8) is 0 Å². The summed E-state index contributed by atoms with van der Waals surface area (Å²) in [4.78, 5) is 0. The van der Waals surface area contributed by atoms with Crippen molar-refractivity contribution in [1.82, 2.24) is 5.32 Å². The second-order valence-corrected chi connectivity index (χ2v) is 5.20. The maximum atomic E-state index is 3.43. The zero-order valence-electron chi connectivity index (χ0n) is 11.5. The van der Waals surface area contributed by atoms with Crippen molar-refractivity contribution in [3.05, 3.63) is 41.5 Å². The van der Waals surface area contributed by atoms with Crippen molar-refractivity contribution in [2.45, 2.75) is 44.9 Å². The molecule has 1 fully saturated rings. The second-order valence-electron chi connectivity index (χ2n) is 5.20. The molecule has 0 spiro atoms. The third kappa shape index (κ3) is 3.71. The standard InChI is InChI=1S/C17H25N/c1-2-13-18-14-6-5-9-15-8-3-4-12-17(15)16-10-7-11-16/h3-5,8-9,12,16,18H,2,6-7,10-11,13-14H2,1H3/b9-5+. The van der Waals surface area contributed by atoms with Gasteiger partial charge in [-0.1, -0.05) is 49.8 Å². The maximum Gasteiger partial charge on any atom is -0.00142 e. The highest BCUT2D eigenvalue weighted by atomic mass is 14.8. The van der Waals surface area contributed by atoms with E-state index in [0.717, 1.165) is 25.4 Å². The summed E-state index contributed by atoms with van der Waals surface area (Å²) in [7, 11) is 0. The third-order valence-corrected chi connectivity index (χ3v) is 3.75. The first-order chi connectivity index (χ1) is 8.92. The van der Waals surface area contributed by atoms with Crippen LogP contribution in [0.5, 0.6) is 0 Å². The van der Waals surface area contributed by atoms with Gasteiger partial charge in [0.1, 0.15) is 0 Å². The van der Waals surface area contributed by atoms with E-state index in [1.54, 1.807) is 5.56 Å². The molecular weight excluding hydrogens is 218 g/mol. The Bertz CT molecular complexity index is 377. The van der Waals surface area contributed by atoms with Gasteiger partial charge in [-0.3, -0.25) is 0 Å². The molecule has 0 amide bonds. The largest absolute Gasteiger partial charge is 0.316 e. The van der Waals surface area contributed by atoms with Crippen molar-refractivity contribution >= 4 is 6.08 Å². The van der Waals surface area contributed by atoms with Crippen LogP contribution in [0.4, 0.5) is 0 Å². The van der Waals surface area contributed by atoms with Crippen molar-refractivity contribution in [2.24, 2.45) is 0 Å². The molecule has 0 bridgehead atoms. The summed E-state index contributed by atoms with van der Waals surface area (Å²) < 4.78 is 0. The zero-order valence-corrected chi connectivity index (χ0v) is 11.5. The molecule has 0 aromatic heterocycles. The highest BCUT2D eigenvalue weighted by Gasteiger charge is 2.20. The zero-order chi connectivity index (χ0) is 12.6. The molecule has 0 saturated heterocycles. The normalized spacial score (nSPS) is 16.1. The quantitative estimate of drug-likeness (QED) is 0.702. The molecule has 1 aliphatic rings. The Morgan fingerprint density at radius 1 is 1.22 bits per heavy atom. The van der Waals surface area contributed by atoms with Crippen molar-refractivity contribution in [1.29, 1.82) is 0 Å². The van der Waals surface area contributed by atoms with Gasteiger partial charge >= 0.3 is 0 Å². The maximum absolute atomic E-state index is 3.43. The van der Waals surface area contributed by atoms with Gasteiger partial charge in [-0.2, -0.15) is 0 Å². The van der Waals surface area contributed by atoms with Gasteiger partial charge in [0.05, 0.1) is 0 Å². The molecule has 0 atom stereocenters. The topological polar surface area (TPSA) is 12.0 Å². The molecule has 18 heavy (non-hydrogen) atoms. The molecule has 0 radical (unpaired) electrons. The minimum Gasteiger partial charge on any atom is -0.316 e. The van der Waals surface area contributed by atoms with Crippen LogP contribution in [0.1, 0.15) is 56.1 Å². The molecule has 1 aromatic carbocycles. The molecule has 0 aliphatic heterocycles. The highest BCUT2D eigenvalue weighted by molar-refractivity contribution is 5.55. The summed E-state index contributed by atoms with van der Waals surface area (Å²) in [6.07, 6.45) is 11.1. The van der Waals surface area contributed by atoms with E-state index < -0.39 is 0 Å². The number of benzene rings is 1. The molecule has 1 aromatic rings. The Labute approximate surface area is 111 Å². The number of hydrogen-bond acceptors (Lipinski definition) is 1. The van der Waals surface area contributed by atoms with Gasteiger partial charge in [-0.05, 0) is 55.8 Å². The lowest BCUT2D eigenvalue weighted by Gasteiger charge is -2.27. The second kappa shape index (κ2) is 7.38. The first-order valence-electron chi connectivity index (χ1n) is 7.38. The van der Waals surface area contributed by atoms with Crippen molar-refractivity contribution < 1.29 is 0 Å². The Morgan fingerprint density at radius 2 is 2.06 bits per heavy atom. The summed E-state index contributed by atoms with van der Waals surface area (Å²) >= 11 is 0. The average molecular weight is 243 g/mol. The van der Waals surface area contributed by atoms with Crippen LogP contribution in [-0.2, 0) is 0 Å². The summed E-state index contributed by atoms with van der Waals surface area (Å²) in [5.41, 5.74) is 2.99. The lowest BCUT2D eigenvalue weighted by Crippen LogP contribution is -2.15. The minimum atomic E-state index is 0.823. The predicted octanol–water partition coefficient (Wildman–Crippen LogP) is 4.36. The highest BCUT2D eigenvalue weighted by Crippen LogP contribution is 2.38. The summed E-state index contributed by atoms with van der Waals surface area (Å²) in [5.74, 6) is 0.823. The van der Waals surface area contributed by atoms with E-state index in [1.807, 2.05) is 0 Å². The van der Waals surface area contributed by atoms with Gasteiger partial charge in [0.15, 0.2) is 0 Å². The van der Waals surface area contributed by atoms with Crippen LogP contribution in [-0.4, -0.2) is 13.1 Å². The van der Waals surface area contributed by atoms with Crippen LogP contribution in [0.15, 0.2) is 30.3 Å². The van der Waals surface area contributed by atoms with Crippen molar-refractivity contribution in [3.8, 4) is 0 Å². The van der Waals surface area contributed by atoms with Crippen LogP contribution in [0.2, 0.25) is 0 Å². The van der Waals surface area contributed by atoms with Gasteiger partial charge in [-0.15, -0.1) is 0 Å².